The number of ketones is 1. The Labute approximate surface area is 137 Å². The number of nitrogens with zero attached hydrogens (tertiary/aromatic N) is 1. The van der Waals surface area contributed by atoms with Crippen molar-refractivity contribution in [3.8, 4) is 0 Å². The highest BCUT2D eigenvalue weighted by Gasteiger charge is 2.36. The first-order valence-corrected chi connectivity index (χ1v) is 7.65. The van der Waals surface area contributed by atoms with E-state index in [1.807, 2.05) is 0 Å². The molecular weight excluding hydrogens is 405 g/mol. The largest absolute Gasteiger partial charge is 0.300 e. The number of rotatable bonds is 2. The summed E-state index contributed by atoms with van der Waals surface area (Å²) in [4.78, 5) is 25.3. The molecule has 0 spiro atoms. The van der Waals surface area contributed by atoms with Crippen molar-refractivity contribution in [3.05, 3.63) is 62.3 Å². The molecule has 1 amide bonds. The molecule has 0 aromatic heterocycles. The summed E-state index contributed by atoms with van der Waals surface area (Å²) in [5.74, 6) is -1.62. The van der Waals surface area contributed by atoms with Gasteiger partial charge in [-0.2, -0.15) is 0 Å². The number of Topliss-reactive ketones (excluding diaryl/α,β-unsaturated/α-hetero) is 1. The monoisotopic (exact) mass is 411 g/mol. The van der Waals surface area contributed by atoms with Gasteiger partial charge in [-0.15, -0.1) is 0 Å². The molecule has 21 heavy (non-hydrogen) atoms. The highest BCUT2D eigenvalue weighted by atomic mass is 79.9. The van der Waals surface area contributed by atoms with Crippen LogP contribution in [0.5, 0.6) is 0 Å². The molecule has 0 radical (unpaired) electrons. The maximum Gasteiger partial charge on any atom is 0.299 e. The average molecular weight is 413 g/mol. The lowest BCUT2D eigenvalue weighted by Gasteiger charge is -2.17. The molecule has 1 heterocycles. The predicted molar refractivity (Wildman–Crippen MR) is 83.8 cm³/mol. The number of hydrogen-bond acceptors (Lipinski definition) is 2. The Hall–Kier alpha value is -1.53. The van der Waals surface area contributed by atoms with Crippen molar-refractivity contribution >= 4 is 49.2 Å². The molecule has 1 aliphatic rings. The first kappa shape index (κ1) is 14.4. The smallest absolute Gasteiger partial charge is 0.299 e. The van der Waals surface area contributed by atoms with Gasteiger partial charge in [-0.25, -0.2) is 4.39 Å². The van der Waals surface area contributed by atoms with Crippen molar-refractivity contribution in [3.63, 3.8) is 0 Å². The van der Waals surface area contributed by atoms with Crippen LogP contribution in [-0.2, 0) is 11.3 Å². The normalized spacial score (nSPS) is 13.8. The summed E-state index contributed by atoms with van der Waals surface area (Å²) in [6.45, 7) is 0.0210. The summed E-state index contributed by atoms with van der Waals surface area (Å²) >= 11 is 6.50. The lowest BCUT2D eigenvalue weighted by Crippen LogP contribution is -2.29. The molecule has 0 fully saturated rings. The number of anilines is 1. The molecule has 2 aromatic rings. The highest BCUT2D eigenvalue weighted by molar-refractivity contribution is 9.10. The summed E-state index contributed by atoms with van der Waals surface area (Å²) < 4.78 is 15.3. The van der Waals surface area contributed by atoms with E-state index in [-0.39, 0.29) is 6.54 Å². The van der Waals surface area contributed by atoms with E-state index in [0.717, 1.165) is 4.47 Å². The van der Waals surface area contributed by atoms with E-state index < -0.39 is 17.5 Å². The van der Waals surface area contributed by atoms with Crippen LogP contribution < -0.4 is 4.90 Å². The molecule has 6 heteroatoms. The van der Waals surface area contributed by atoms with E-state index in [1.165, 1.54) is 11.0 Å². The lowest BCUT2D eigenvalue weighted by molar-refractivity contribution is -0.114. The Morgan fingerprint density at radius 1 is 1.00 bits per heavy atom. The molecule has 3 rings (SSSR count). The van der Waals surface area contributed by atoms with Gasteiger partial charge in [0.25, 0.3) is 11.7 Å². The molecule has 0 bridgehead atoms. The maximum atomic E-state index is 13.9. The first-order chi connectivity index (χ1) is 9.97. The Morgan fingerprint density at radius 3 is 2.38 bits per heavy atom. The van der Waals surface area contributed by atoms with Gasteiger partial charge in [-0.05, 0) is 30.3 Å². The Balaban J connectivity index is 2.02. The van der Waals surface area contributed by atoms with Crippen LogP contribution >= 0.6 is 31.9 Å². The van der Waals surface area contributed by atoms with Gasteiger partial charge in [0, 0.05) is 14.5 Å². The second kappa shape index (κ2) is 5.35. The summed E-state index contributed by atoms with van der Waals surface area (Å²) in [6.07, 6.45) is 0. The van der Waals surface area contributed by atoms with E-state index >= 15 is 0 Å². The van der Waals surface area contributed by atoms with Gasteiger partial charge in [-0.3, -0.25) is 9.59 Å². The molecule has 1 aliphatic heterocycles. The van der Waals surface area contributed by atoms with Crippen LogP contribution in [0.4, 0.5) is 10.1 Å². The van der Waals surface area contributed by atoms with Crippen molar-refractivity contribution in [1.82, 2.24) is 0 Å². The van der Waals surface area contributed by atoms with Crippen LogP contribution in [0.1, 0.15) is 15.9 Å². The van der Waals surface area contributed by atoms with E-state index in [1.54, 1.807) is 30.3 Å². The number of carbonyl (C=O) groups is 2. The molecule has 106 valence electrons. The average Bonchev–Trinajstić information content (AvgIpc) is 2.66. The fourth-order valence-corrected chi connectivity index (χ4v) is 2.93. The number of amides is 1. The number of benzene rings is 2. The summed E-state index contributed by atoms with van der Waals surface area (Å²) in [5.41, 5.74) is 1.20. The van der Waals surface area contributed by atoms with Gasteiger partial charge in [0.15, 0.2) is 0 Å². The fourth-order valence-electron chi connectivity index (χ4n) is 2.24. The van der Waals surface area contributed by atoms with Crippen LogP contribution in [0, 0.1) is 5.82 Å². The number of carbonyl (C=O) groups excluding carboxylic acids is 2. The quantitative estimate of drug-likeness (QED) is 0.697. The molecule has 0 atom stereocenters. The van der Waals surface area contributed by atoms with Gasteiger partial charge in [-0.1, -0.05) is 37.9 Å². The third-order valence-corrected chi connectivity index (χ3v) is 4.26. The van der Waals surface area contributed by atoms with Crippen molar-refractivity contribution in [2.24, 2.45) is 0 Å². The van der Waals surface area contributed by atoms with Gasteiger partial charge >= 0.3 is 0 Å². The minimum Gasteiger partial charge on any atom is -0.300 e. The van der Waals surface area contributed by atoms with Crippen molar-refractivity contribution in [2.45, 2.75) is 6.54 Å². The van der Waals surface area contributed by atoms with E-state index in [9.17, 15) is 14.0 Å². The Bertz CT molecular complexity index is 776. The van der Waals surface area contributed by atoms with Crippen LogP contribution in [0.2, 0.25) is 0 Å². The third kappa shape index (κ3) is 2.53. The summed E-state index contributed by atoms with van der Waals surface area (Å²) in [5, 5.41) is 0. The Kier molecular flexibility index (Phi) is 3.67. The third-order valence-electron chi connectivity index (χ3n) is 3.28. The van der Waals surface area contributed by atoms with Gasteiger partial charge in [0.2, 0.25) is 0 Å². The lowest BCUT2D eigenvalue weighted by atomic mass is 10.1. The highest BCUT2D eigenvalue weighted by Crippen LogP contribution is 2.33. The molecule has 0 aliphatic carbocycles. The molecule has 3 nitrogen and oxygen atoms in total. The molecule has 0 unspecified atom stereocenters. The SMILES string of the molecule is O=C1C(=O)N(Cc2ccc(Br)cc2F)c2cc(Br)ccc21. The second-order valence-corrected chi connectivity index (χ2v) is 6.45. The number of hydrogen-bond donors (Lipinski definition) is 0. The second-order valence-electron chi connectivity index (χ2n) is 4.62. The van der Waals surface area contributed by atoms with Crippen molar-refractivity contribution < 1.29 is 14.0 Å². The van der Waals surface area contributed by atoms with Crippen LogP contribution in [0.25, 0.3) is 0 Å². The zero-order valence-corrected chi connectivity index (χ0v) is 13.7. The van der Waals surface area contributed by atoms with E-state index in [2.05, 4.69) is 31.9 Å². The molecular formula is C15H8Br2FNO2. The summed E-state index contributed by atoms with van der Waals surface area (Å²) in [7, 11) is 0. The summed E-state index contributed by atoms with van der Waals surface area (Å²) in [6, 6.07) is 9.61. The number of fused-ring (bicyclic) bond motifs is 1. The van der Waals surface area contributed by atoms with Crippen LogP contribution in [0.15, 0.2) is 45.3 Å². The zero-order chi connectivity index (χ0) is 15.1. The maximum absolute atomic E-state index is 13.9. The standard InChI is InChI=1S/C15H8Br2FNO2/c16-9-2-1-8(12(18)5-9)7-19-13-6-10(17)3-4-11(13)14(20)15(19)21/h1-6H,7H2. The molecule has 2 aromatic carbocycles. The minimum atomic E-state index is -0.634. The van der Waals surface area contributed by atoms with Crippen LogP contribution in [0.3, 0.4) is 0 Å². The molecule has 0 saturated carbocycles. The van der Waals surface area contributed by atoms with E-state index in [4.69, 9.17) is 0 Å². The van der Waals surface area contributed by atoms with E-state index in [0.29, 0.717) is 21.3 Å². The molecule has 0 N–H and O–H groups in total. The van der Waals surface area contributed by atoms with Gasteiger partial charge < -0.3 is 4.90 Å². The number of halogens is 3. The van der Waals surface area contributed by atoms with Crippen molar-refractivity contribution in [2.75, 3.05) is 4.90 Å². The fraction of sp³-hybridized carbons (Fsp3) is 0.0667. The topological polar surface area (TPSA) is 37.4 Å². The Morgan fingerprint density at radius 2 is 1.67 bits per heavy atom. The van der Waals surface area contributed by atoms with Gasteiger partial charge in [0.05, 0.1) is 17.8 Å². The zero-order valence-electron chi connectivity index (χ0n) is 10.6. The molecule has 0 saturated heterocycles. The van der Waals surface area contributed by atoms with Crippen molar-refractivity contribution in [1.29, 1.82) is 0 Å². The minimum absolute atomic E-state index is 0.0210. The van der Waals surface area contributed by atoms with Gasteiger partial charge in [0.1, 0.15) is 5.82 Å². The first-order valence-electron chi connectivity index (χ1n) is 6.07. The van der Waals surface area contributed by atoms with Crippen LogP contribution in [-0.4, -0.2) is 11.7 Å². The predicted octanol–water partition coefficient (Wildman–Crippen LogP) is 4.08.